The first kappa shape index (κ1) is 17.2. The highest BCUT2D eigenvalue weighted by molar-refractivity contribution is 6.04. The summed E-state index contributed by atoms with van der Waals surface area (Å²) >= 11 is 0. The fourth-order valence-electron chi connectivity index (χ4n) is 2.53. The monoisotopic (exact) mass is 356 g/mol. The lowest BCUT2D eigenvalue weighted by atomic mass is 10.1. The number of hydrogen-bond acceptors (Lipinski definition) is 6. The first-order chi connectivity index (χ1) is 12.5. The Hall–Kier alpha value is -3.62. The first-order valence-corrected chi connectivity index (χ1v) is 7.77. The molecule has 0 saturated carbocycles. The molecule has 1 aromatic heterocycles. The number of carbonyl (C=O) groups is 1. The van der Waals surface area contributed by atoms with Gasteiger partial charge in [0.15, 0.2) is 11.5 Å². The molecule has 9 nitrogen and oxygen atoms in total. The van der Waals surface area contributed by atoms with Gasteiger partial charge in [0.05, 0.1) is 35.7 Å². The summed E-state index contributed by atoms with van der Waals surface area (Å²) < 4.78 is 11.9. The van der Waals surface area contributed by atoms with Crippen LogP contribution in [-0.4, -0.2) is 34.2 Å². The number of nitrogens with one attached hydrogen (secondary N) is 1. The topological polar surface area (TPSA) is 109 Å². The van der Waals surface area contributed by atoms with Crippen LogP contribution in [0.3, 0.4) is 0 Å². The fourth-order valence-corrected chi connectivity index (χ4v) is 2.53. The van der Waals surface area contributed by atoms with Gasteiger partial charge in [-0.05, 0) is 19.1 Å². The van der Waals surface area contributed by atoms with Crippen molar-refractivity contribution in [2.24, 2.45) is 0 Å². The van der Waals surface area contributed by atoms with Crippen LogP contribution in [0.25, 0.3) is 11.0 Å². The molecule has 0 aliphatic rings. The average Bonchev–Trinajstić information content (AvgIpc) is 3.04. The van der Waals surface area contributed by atoms with E-state index in [9.17, 15) is 14.9 Å². The van der Waals surface area contributed by atoms with E-state index in [0.717, 1.165) is 0 Å². The van der Waals surface area contributed by atoms with E-state index < -0.39 is 10.8 Å². The quantitative estimate of drug-likeness (QED) is 0.537. The SMILES string of the molecule is CCOc1cc(C(=O)Nn2cnc3ccccc32)c([N+](=O)[O-])cc1OC. The number of ether oxygens (including phenoxy) is 2. The van der Waals surface area contributed by atoms with Gasteiger partial charge in [-0.15, -0.1) is 0 Å². The molecule has 0 radical (unpaired) electrons. The zero-order chi connectivity index (χ0) is 18.7. The zero-order valence-corrected chi connectivity index (χ0v) is 14.1. The number of amides is 1. The number of imidazole rings is 1. The smallest absolute Gasteiger partial charge is 0.286 e. The summed E-state index contributed by atoms with van der Waals surface area (Å²) in [5.41, 5.74) is 3.43. The first-order valence-electron chi connectivity index (χ1n) is 7.77. The third kappa shape index (κ3) is 3.14. The number of nitro groups is 1. The number of carbonyl (C=O) groups excluding carboxylic acids is 1. The Balaban J connectivity index is 2.02. The molecule has 0 fully saturated rings. The molecule has 134 valence electrons. The van der Waals surface area contributed by atoms with Crippen molar-refractivity contribution in [3.63, 3.8) is 0 Å². The number of methoxy groups -OCH3 is 1. The van der Waals surface area contributed by atoms with Crippen LogP contribution in [-0.2, 0) is 0 Å². The molecule has 3 rings (SSSR count). The maximum atomic E-state index is 12.7. The largest absolute Gasteiger partial charge is 0.493 e. The van der Waals surface area contributed by atoms with Gasteiger partial charge >= 0.3 is 0 Å². The zero-order valence-electron chi connectivity index (χ0n) is 14.1. The summed E-state index contributed by atoms with van der Waals surface area (Å²) in [6, 6.07) is 9.67. The lowest BCUT2D eigenvalue weighted by Crippen LogP contribution is -2.23. The molecule has 2 aromatic carbocycles. The molecule has 0 saturated heterocycles. The van der Waals surface area contributed by atoms with Crippen LogP contribution >= 0.6 is 0 Å². The maximum Gasteiger partial charge on any atom is 0.286 e. The number of fused-ring (bicyclic) bond motifs is 1. The molecule has 0 atom stereocenters. The van der Waals surface area contributed by atoms with Gasteiger partial charge in [0.1, 0.15) is 11.9 Å². The van der Waals surface area contributed by atoms with Crippen LogP contribution in [0.2, 0.25) is 0 Å². The molecule has 26 heavy (non-hydrogen) atoms. The van der Waals surface area contributed by atoms with Gasteiger partial charge in [-0.25, -0.2) is 9.66 Å². The van der Waals surface area contributed by atoms with Crippen molar-refractivity contribution in [3.05, 3.63) is 58.4 Å². The van der Waals surface area contributed by atoms with Crippen molar-refractivity contribution in [1.82, 2.24) is 9.66 Å². The third-order valence-electron chi connectivity index (χ3n) is 3.70. The van der Waals surface area contributed by atoms with Gasteiger partial charge in [0, 0.05) is 6.07 Å². The van der Waals surface area contributed by atoms with Crippen molar-refractivity contribution < 1.29 is 19.2 Å². The number of aromatic nitrogens is 2. The Morgan fingerprint density at radius 2 is 2.08 bits per heavy atom. The Kier molecular flexibility index (Phi) is 4.70. The van der Waals surface area contributed by atoms with Gasteiger partial charge in [-0.3, -0.25) is 20.3 Å². The lowest BCUT2D eigenvalue weighted by molar-refractivity contribution is -0.385. The van der Waals surface area contributed by atoms with Crippen LogP contribution in [0.15, 0.2) is 42.7 Å². The molecule has 0 unspecified atom stereocenters. The number of para-hydroxylation sites is 2. The van der Waals surface area contributed by atoms with E-state index in [0.29, 0.717) is 17.6 Å². The summed E-state index contributed by atoms with van der Waals surface area (Å²) in [5, 5.41) is 11.4. The van der Waals surface area contributed by atoms with E-state index in [1.165, 1.54) is 30.2 Å². The predicted molar refractivity (Wildman–Crippen MR) is 94.2 cm³/mol. The summed E-state index contributed by atoms with van der Waals surface area (Å²) in [6.45, 7) is 2.08. The molecule has 9 heteroatoms. The van der Waals surface area contributed by atoms with Gasteiger partial charge in [-0.1, -0.05) is 12.1 Å². The molecule has 0 bridgehead atoms. The normalized spacial score (nSPS) is 10.5. The highest BCUT2D eigenvalue weighted by Crippen LogP contribution is 2.34. The minimum atomic E-state index is -0.663. The van der Waals surface area contributed by atoms with Crippen molar-refractivity contribution in [3.8, 4) is 11.5 Å². The van der Waals surface area contributed by atoms with Gasteiger partial charge in [0.2, 0.25) is 0 Å². The van der Waals surface area contributed by atoms with Crippen LogP contribution in [0, 0.1) is 10.1 Å². The van der Waals surface area contributed by atoms with Crippen LogP contribution < -0.4 is 14.9 Å². The second-order valence-corrected chi connectivity index (χ2v) is 5.25. The molecule has 0 spiro atoms. The number of nitro benzene ring substituents is 1. The number of nitrogens with zero attached hydrogens (tertiary/aromatic N) is 3. The van der Waals surface area contributed by atoms with Crippen molar-refractivity contribution in [2.45, 2.75) is 6.92 Å². The number of hydrogen-bond donors (Lipinski definition) is 1. The molecular formula is C17H16N4O5. The van der Waals surface area contributed by atoms with E-state index in [4.69, 9.17) is 9.47 Å². The lowest BCUT2D eigenvalue weighted by Gasteiger charge is -2.12. The molecule has 0 aliphatic heterocycles. The molecular weight excluding hydrogens is 340 g/mol. The van der Waals surface area contributed by atoms with Crippen LogP contribution in [0.4, 0.5) is 5.69 Å². The Bertz CT molecular complexity index is 982. The van der Waals surface area contributed by atoms with Crippen molar-refractivity contribution in [1.29, 1.82) is 0 Å². The van der Waals surface area contributed by atoms with E-state index in [-0.39, 0.29) is 22.7 Å². The average molecular weight is 356 g/mol. The van der Waals surface area contributed by atoms with E-state index in [1.807, 2.05) is 6.07 Å². The summed E-state index contributed by atoms with van der Waals surface area (Å²) in [5.74, 6) is -0.229. The number of benzene rings is 2. The van der Waals surface area contributed by atoms with Gasteiger partial charge < -0.3 is 9.47 Å². The summed E-state index contributed by atoms with van der Waals surface area (Å²) in [6.07, 6.45) is 1.43. The molecule has 1 heterocycles. The van der Waals surface area contributed by atoms with E-state index >= 15 is 0 Å². The fraction of sp³-hybridized carbons (Fsp3) is 0.176. The Morgan fingerprint density at radius 3 is 2.77 bits per heavy atom. The van der Waals surface area contributed by atoms with Crippen LogP contribution in [0.5, 0.6) is 11.5 Å². The predicted octanol–water partition coefficient (Wildman–Crippen LogP) is 2.74. The highest BCUT2D eigenvalue weighted by atomic mass is 16.6. The Morgan fingerprint density at radius 1 is 1.31 bits per heavy atom. The molecule has 0 aliphatic carbocycles. The van der Waals surface area contributed by atoms with Gasteiger partial charge in [-0.2, -0.15) is 0 Å². The number of rotatable bonds is 6. The molecule has 1 N–H and O–H groups in total. The molecule has 1 amide bonds. The summed E-state index contributed by atoms with van der Waals surface area (Å²) in [4.78, 5) is 27.6. The second kappa shape index (κ2) is 7.09. The molecule has 3 aromatic rings. The van der Waals surface area contributed by atoms with E-state index in [1.54, 1.807) is 25.1 Å². The standard InChI is InChI=1S/C17H16N4O5/c1-3-26-16-8-11(14(21(23)24)9-15(16)25-2)17(22)19-20-10-18-12-6-4-5-7-13(12)20/h4-10H,3H2,1-2H3,(H,19,22). The van der Waals surface area contributed by atoms with E-state index in [2.05, 4.69) is 10.4 Å². The summed E-state index contributed by atoms with van der Waals surface area (Å²) in [7, 11) is 1.37. The third-order valence-corrected chi connectivity index (χ3v) is 3.70. The van der Waals surface area contributed by atoms with Crippen LogP contribution in [0.1, 0.15) is 17.3 Å². The Labute approximate surface area is 148 Å². The van der Waals surface area contributed by atoms with Crippen molar-refractivity contribution >= 4 is 22.6 Å². The minimum absolute atomic E-state index is 0.142. The highest BCUT2D eigenvalue weighted by Gasteiger charge is 2.25. The van der Waals surface area contributed by atoms with Gasteiger partial charge in [0.25, 0.3) is 11.6 Å². The minimum Gasteiger partial charge on any atom is -0.493 e. The van der Waals surface area contributed by atoms with Crippen molar-refractivity contribution in [2.75, 3.05) is 19.1 Å². The second-order valence-electron chi connectivity index (χ2n) is 5.25. The maximum absolute atomic E-state index is 12.7.